The fourth-order valence-corrected chi connectivity index (χ4v) is 3.32. The predicted octanol–water partition coefficient (Wildman–Crippen LogP) is 1.52. The van der Waals surface area contributed by atoms with Crippen LogP contribution in [-0.4, -0.2) is 71.5 Å². The second-order valence-corrected chi connectivity index (χ2v) is 7.06. The van der Waals surface area contributed by atoms with Crippen molar-refractivity contribution in [2.75, 3.05) is 33.7 Å². The lowest BCUT2D eigenvalue weighted by molar-refractivity contribution is -0.133. The van der Waals surface area contributed by atoms with E-state index in [2.05, 4.69) is 23.9 Å². The molecule has 1 N–H and O–H groups in total. The second-order valence-electron chi connectivity index (χ2n) is 7.06. The zero-order chi connectivity index (χ0) is 16.4. The van der Waals surface area contributed by atoms with Crippen LogP contribution in [0.25, 0.3) is 0 Å². The second kappa shape index (κ2) is 6.89. The molecule has 5 nitrogen and oxygen atoms in total. The first-order valence-corrected chi connectivity index (χ1v) is 8.49. The molecule has 1 saturated heterocycles. The predicted molar refractivity (Wildman–Crippen MR) is 90.2 cm³/mol. The number of carbonyl (C=O) groups excluding carboxylic acids is 1. The summed E-state index contributed by atoms with van der Waals surface area (Å²) in [6.07, 6.45) is 3.34. The molecule has 1 saturated carbocycles. The molecule has 1 amide bonds. The lowest BCUT2D eigenvalue weighted by atomic mass is 10.2. The number of phenols is 1. The van der Waals surface area contributed by atoms with Crippen LogP contribution in [0, 0.1) is 0 Å². The van der Waals surface area contributed by atoms with Gasteiger partial charge in [0.1, 0.15) is 5.75 Å². The van der Waals surface area contributed by atoms with Crippen molar-refractivity contribution < 1.29 is 9.90 Å². The Balaban J connectivity index is 1.59. The minimum absolute atomic E-state index is 0.218. The lowest BCUT2D eigenvalue weighted by Gasteiger charge is -2.26. The van der Waals surface area contributed by atoms with Gasteiger partial charge in [-0.2, -0.15) is 0 Å². The maximum Gasteiger partial charge on any atom is 0.237 e. The quantitative estimate of drug-likeness (QED) is 0.864. The van der Waals surface area contributed by atoms with E-state index in [4.69, 9.17) is 0 Å². The highest BCUT2D eigenvalue weighted by Crippen LogP contribution is 2.29. The summed E-state index contributed by atoms with van der Waals surface area (Å²) in [5, 5.41) is 9.61. The molecule has 1 aromatic rings. The summed E-state index contributed by atoms with van der Waals surface area (Å²) in [6, 6.07) is 8.17. The van der Waals surface area contributed by atoms with Gasteiger partial charge in [0.2, 0.25) is 5.91 Å². The average molecular weight is 317 g/mol. The number of aromatic hydroxyl groups is 1. The normalized spacial score (nSPS) is 21.8. The highest BCUT2D eigenvalue weighted by molar-refractivity contribution is 5.79. The molecule has 0 unspecified atom stereocenters. The number of likely N-dealkylation sites (N-methyl/N-ethyl adjacent to an activating group) is 1. The van der Waals surface area contributed by atoms with Crippen LogP contribution in [0.15, 0.2) is 24.3 Å². The third-order valence-corrected chi connectivity index (χ3v) is 4.91. The van der Waals surface area contributed by atoms with Crippen molar-refractivity contribution >= 4 is 5.91 Å². The molecule has 2 fully saturated rings. The summed E-state index contributed by atoms with van der Waals surface area (Å²) in [6.45, 7) is 3.09. The van der Waals surface area contributed by atoms with Gasteiger partial charge in [0.15, 0.2) is 0 Å². The van der Waals surface area contributed by atoms with Gasteiger partial charge in [0.25, 0.3) is 0 Å². The van der Waals surface area contributed by atoms with Crippen molar-refractivity contribution in [1.82, 2.24) is 14.7 Å². The molecule has 1 aliphatic carbocycles. The van der Waals surface area contributed by atoms with Crippen LogP contribution in [0.1, 0.15) is 24.8 Å². The standard InChI is InChI=1S/C18H27N3O2/c1-19(2)16-8-9-20(12-16)13-18(23)21(15-6-7-15)11-14-4-3-5-17(22)10-14/h3-5,10,15-16,22H,6-9,11-13H2,1-2H3/t16-/m0/s1. The number of likely N-dealkylation sites (tertiary alicyclic amines) is 1. The van der Waals surface area contributed by atoms with Crippen LogP contribution in [-0.2, 0) is 11.3 Å². The molecular formula is C18H27N3O2. The topological polar surface area (TPSA) is 47.0 Å². The number of amides is 1. The Hall–Kier alpha value is -1.59. The van der Waals surface area contributed by atoms with E-state index in [1.807, 2.05) is 17.0 Å². The molecule has 1 aliphatic heterocycles. The van der Waals surface area contributed by atoms with Gasteiger partial charge in [-0.15, -0.1) is 0 Å². The Kier molecular flexibility index (Phi) is 4.87. The van der Waals surface area contributed by atoms with Gasteiger partial charge in [-0.05, 0) is 51.1 Å². The van der Waals surface area contributed by atoms with E-state index in [0.29, 0.717) is 25.2 Å². The van der Waals surface area contributed by atoms with E-state index in [-0.39, 0.29) is 11.7 Å². The van der Waals surface area contributed by atoms with Crippen molar-refractivity contribution in [3.8, 4) is 5.75 Å². The van der Waals surface area contributed by atoms with Gasteiger partial charge < -0.3 is 14.9 Å². The molecule has 0 aromatic heterocycles. The number of benzene rings is 1. The van der Waals surface area contributed by atoms with Crippen molar-refractivity contribution in [3.63, 3.8) is 0 Å². The summed E-state index contributed by atoms with van der Waals surface area (Å²) >= 11 is 0. The SMILES string of the molecule is CN(C)[C@H]1CCN(CC(=O)N(Cc2cccc(O)c2)C2CC2)C1. The molecule has 3 rings (SSSR count). The zero-order valence-electron chi connectivity index (χ0n) is 14.1. The first kappa shape index (κ1) is 16.3. The third-order valence-electron chi connectivity index (χ3n) is 4.91. The molecular weight excluding hydrogens is 290 g/mol. The number of hydrogen-bond acceptors (Lipinski definition) is 4. The molecule has 23 heavy (non-hydrogen) atoms. The largest absolute Gasteiger partial charge is 0.508 e. The van der Waals surface area contributed by atoms with Gasteiger partial charge in [0.05, 0.1) is 6.54 Å². The van der Waals surface area contributed by atoms with Crippen LogP contribution >= 0.6 is 0 Å². The molecule has 0 radical (unpaired) electrons. The zero-order valence-corrected chi connectivity index (χ0v) is 14.1. The Morgan fingerprint density at radius 3 is 2.65 bits per heavy atom. The maximum atomic E-state index is 12.8. The summed E-state index contributed by atoms with van der Waals surface area (Å²) in [5.41, 5.74) is 0.998. The number of carbonyl (C=O) groups is 1. The van der Waals surface area contributed by atoms with Crippen molar-refractivity contribution in [2.45, 2.75) is 37.9 Å². The number of nitrogens with zero attached hydrogens (tertiary/aromatic N) is 3. The average Bonchev–Trinajstić information content (AvgIpc) is 3.23. The van der Waals surface area contributed by atoms with E-state index in [0.717, 1.165) is 37.9 Å². The Labute approximate surface area is 138 Å². The van der Waals surface area contributed by atoms with Crippen LogP contribution < -0.4 is 0 Å². The molecule has 2 aliphatic rings. The van der Waals surface area contributed by atoms with Gasteiger partial charge in [-0.1, -0.05) is 12.1 Å². The lowest BCUT2D eigenvalue weighted by Crippen LogP contribution is -2.41. The minimum atomic E-state index is 0.218. The molecule has 126 valence electrons. The Morgan fingerprint density at radius 1 is 1.26 bits per heavy atom. The van der Waals surface area contributed by atoms with E-state index in [9.17, 15) is 9.90 Å². The maximum absolute atomic E-state index is 12.8. The minimum Gasteiger partial charge on any atom is -0.508 e. The van der Waals surface area contributed by atoms with Crippen molar-refractivity contribution in [3.05, 3.63) is 29.8 Å². The Bertz CT molecular complexity index is 557. The summed E-state index contributed by atoms with van der Waals surface area (Å²) in [7, 11) is 4.21. The van der Waals surface area contributed by atoms with E-state index in [1.165, 1.54) is 0 Å². The summed E-state index contributed by atoms with van der Waals surface area (Å²) in [4.78, 5) is 19.3. The van der Waals surface area contributed by atoms with E-state index < -0.39 is 0 Å². The van der Waals surface area contributed by atoms with Crippen LogP contribution in [0.4, 0.5) is 0 Å². The first-order valence-electron chi connectivity index (χ1n) is 8.49. The van der Waals surface area contributed by atoms with Gasteiger partial charge in [0, 0.05) is 31.7 Å². The van der Waals surface area contributed by atoms with E-state index >= 15 is 0 Å². The fourth-order valence-electron chi connectivity index (χ4n) is 3.32. The number of hydrogen-bond donors (Lipinski definition) is 1. The Morgan fingerprint density at radius 2 is 2.04 bits per heavy atom. The van der Waals surface area contributed by atoms with Gasteiger partial charge >= 0.3 is 0 Å². The third kappa shape index (κ3) is 4.24. The molecule has 0 bridgehead atoms. The highest BCUT2D eigenvalue weighted by Gasteiger charge is 2.34. The monoisotopic (exact) mass is 317 g/mol. The fraction of sp³-hybridized carbons (Fsp3) is 0.611. The van der Waals surface area contributed by atoms with Crippen LogP contribution in [0.5, 0.6) is 5.75 Å². The molecule has 0 spiro atoms. The first-order chi connectivity index (χ1) is 11.0. The molecule has 5 heteroatoms. The molecule has 1 aromatic carbocycles. The molecule has 1 atom stereocenters. The number of phenolic OH excluding ortho intramolecular Hbond substituents is 1. The van der Waals surface area contributed by atoms with Crippen molar-refractivity contribution in [2.24, 2.45) is 0 Å². The van der Waals surface area contributed by atoms with Gasteiger partial charge in [-0.3, -0.25) is 9.69 Å². The van der Waals surface area contributed by atoms with E-state index in [1.54, 1.807) is 12.1 Å². The summed E-state index contributed by atoms with van der Waals surface area (Å²) < 4.78 is 0. The van der Waals surface area contributed by atoms with Crippen molar-refractivity contribution in [1.29, 1.82) is 0 Å². The number of rotatable bonds is 6. The van der Waals surface area contributed by atoms with Crippen LogP contribution in [0.3, 0.4) is 0 Å². The van der Waals surface area contributed by atoms with Crippen LogP contribution in [0.2, 0.25) is 0 Å². The van der Waals surface area contributed by atoms with Gasteiger partial charge in [-0.25, -0.2) is 0 Å². The summed E-state index contributed by atoms with van der Waals surface area (Å²) in [5.74, 6) is 0.481. The smallest absolute Gasteiger partial charge is 0.237 e. The molecule has 1 heterocycles. The highest BCUT2D eigenvalue weighted by atomic mass is 16.3.